The monoisotopic (exact) mass is 180 g/mol. The molecule has 0 fully saturated rings. The van der Waals surface area contributed by atoms with Crippen molar-refractivity contribution in [3.63, 3.8) is 0 Å². The van der Waals surface area contributed by atoms with E-state index in [4.69, 9.17) is 0 Å². The first-order valence-corrected chi connectivity index (χ1v) is 3.91. The molecule has 0 unspecified atom stereocenters. The number of anilines is 1. The van der Waals surface area contributed by atoms with Crippen molar-refractivity contribution in [2.45, 2.75) is 13.8 Å². The minimum absolute atomic E-state index is 0.504. The standard InChI is InChI=1S/C9H12N2O2/c1-6-4-8(10-5-7(6)2)11-9(12)13-3/h4-5H,1-3H3,(H,10,11,12). The molecule has 1 aromatic heterocycles. The molecule has 0 aliphatic carbocycles. The highest BCUT2D eigenvalue weighted by molar-refractivity contribution is 5.83. The van der Waals surface area contributed by atoms with Crippen LogP contribution in [0.1, 0.15) is 11.1 Å². The second kappa shape index (κ2) is 3.89. The number of pyridine rings is 1. The van der Waals surface area contributed by atoms with Gasteiger partial charge in [-0.2, -0.15) is 0 Å². The van der Waals surface area contributed by atoms with Gasteiger partial charge in [0, 0.05) is 6.20 Å². The summed E-state index contributed by atoms with van der Waals surface area (Å²) in [7, 11) is 1.32. The van der Waals surface area contributed by atoms with E-state index in [1.54, 1.807) is 12.3 Å². The normalized spacial score (nSPS) is 9.46. The zero-order valence-electron chi connectivity index (χ0n) is 7.92. The minimum atomic E-state index is -0.504. The molecule has 1 N–H and O–H groups in total. The van der Waals surface area contributed by atoms with E-state index in [1.165, 1.54) is 7.11 Å². The first kappa shape index (κ1) is 9.51. The molecule has 1 amide bonds. The van der Waals surface area contributed by atoms with Crippen LogP contribution in [0.2, 0.25) is 0 Å². The predicted molar refractivity (Wildman–Crippen MR) is 49.7 cm³/mol. The second-order valence-corrected chi connectivity index (χ2v) is 2.77. The van der Waals surface area contributed by atoms with E-state index in [-0.39, 0.29) is 0 Å². The summed E-state index contributed by atoms with van der Waals surface area (Å²) in [6.07, 6.45) is 1.21. The lowest BCUT2D eigenvalue weighted by Crippen LogP contribution is -2.12. The summed E-state index contributed by atoms with van der Waals surface area (Å²) in [4.78, 5) is 14.8. The van der Waals surface area contributed by atoms with E-state index in [1.807, 2.05) is 13.8 Å². The first-order valence-electron chi connectivity index (χ1n) is 3.91. The van der Waals surface area contributed by atoms with Crippen LogP contribution in [0.15, 0.2) is 12.3 Å². The quantitative estimate of drug-likeness (QED) is 0.717. The molecule has 0 aliphatic heterocycles. The Morgan fingerprint density at radius 1 is 1.46 bits per heavy atom. The van der Waals surface area contributed by atoms with E-state index in [9.17, 15) is 4.79 Å². The Bertz CT molecular complexity index is 323. The summed E-state index contributed by atoms with van der Waals surface area (Å²) in [6.45, 7) is 3.92. The van der Waals surface area contributed by atoms with Crippen LogP contribution in [-0.2, 0) is 4.74 Å². The third-order valence-electron chi connectivity index (χ3n) is 1.79. The lowest BCUT2D eigenvalue weighted by Gasteiger charge is -2.04. The molecule has 13 heavy (non-hydrogen) atoms. The largest absolute Gasteiger partial charge is 0.453 e. The number of ether oxygens (including phenoxy) is 1. The van der Waals surface area contributed by atoms with E-state index in [2.05, 4.69) is 15.0 Å². The van der Waals surface area contributed by atoms with Crippen LogP contribution in [0.3, 0.4) is 0 Å². The van der Waals surface area contributed by atoms with Gasteiger partial charge in [-0.1, -0.05) is 0 Å². The molecule has 0 aliphatic rings. The summed E-state index contributed by atoms with van der Waals surface area (Å²) in [5.74, 6) is 0.509. The van der Waals surface area contributed by atoms with Crippen LogP contribution in [0, 0.1) is 13.8 Å². The number of hydrogen-bond acceptors (Lipinski definition) is 3. The molecular weight excluding hydrogens is 168 g/mol. The average Bonchev–Trinajstić information content (AvgIpc) is 2.11. The molecule has 1 heterocycles. The highest BCUT2D eigenvalue weighted by atomic mass is 16.5. The summed E-state index contributed by atoms with van der Waals surface area (Å²) in [5, 5.41) is 2.49. The number of methoxy groups -OCH3 is 1. The summed E-state index contributed by atoms with van der Waals surface area (Å²) in [6, 6.07) is 1.80. The van der Waals surface area contributed by atoms with Crippen molar-refractivity contribution in [1.82, 2.24) is 4.98 Å². The van der Waals surface area contributed by atoms with Crippen LogP contribution in [-0.4, -0.2) is 18.2 Å². The molecule has 0 spiro atoms. The number of aromatic nitrogens is 1. The van der Waals surface area contributed by atoms with Gasteiger partial charge in [-0.05, 0) is 31.0 Å². The van der Waals surface area contributed by atoms with Gasteiger partial charge in [-0.25, -0.2) is 9.78 Å². The molecular formula is C9H12N2O2. The van der Waals surface area contributed by atoms with Crippen LogP contribution in [0.4, 0.5) is 10.6 Å². The zero-order chi connectivity index (χ0) is 9.84. The molecule has 0 saturated carbocycles. The van der Waals surface area contributed by atoms with Crippen LogP contribution in [0.5, 0.6) is 0 Å². The molecule has 70 valence electrons. The Labute approximate surface area is 76.9 Å². The number of nitrogens with zero attached hydrogens (tertiary/aromatic N) is 1. The summed E-state index contributed by atoms with van der Waals surface area (Å²) in [5.41, 5.74) is 2.18. The lowest BCUT2D eigenvalue weighted by molar-refractivity contribution is 0.187. The molecule has 1 aromatic rings. The van der Waals surface area contributed by atoms with Gasteiger partial charge in [-0.3, -0.25) is 5.32 Å². The van der Waals surface area contributed by atoms with E-state index in [0.29, 0.717) is 5.82 Å². The molecule has 0 aromatic carbocycles. The van der Waals surface area contributed by atoms with Crippen molar-refractivity contribution in [1.29, 1.82) is 0 Å². The van der Waals surface area contributed by atoms with Gasteiger partial charge in [0.15, 0.2) is 0 Å². The Kier molecular flexibility index (Phi) is 2.84. The van der Waals surface area contributed by atoms with Crippen molar-refractivity contribution in [2.75, 3.05) is 12.4 Å². The van der Waals surface area contributed by atoms with Gasteiger partial charge in [0.1, 0.15) is 5.82 Å². The van der Waals surface area contributed by atoms with Gasteiger partial charge < -0.3 is 4.74 Å². The maximum Gasteiger partial charge on any atom is 0.412 e. The molecule has 1 rings (SSSR count). The van der Waals surface area contributed by atoms with Crippen molar-refractivity contribution in [3.05, 3.63) is 23.4 Å². The molecule has 4 nitrogen and oxygen atoms in total. The smallest absolute Gasteiger partial charge is 0.412 e. The van der Waals surface area contributed by atoms with Gasteiger partial charge in [0.25, 0.3) is 0 Å². The third kappa shape index (κ3) is 2.43. The fourth-order valence-corrected chi connectivity index (χ4v) is 0.848. The van der Waals surface area contributed by atoms with Crippen LogP contribution >= 0.6 is 0 Å². The van der Waals surface area contributed by atoms with Gasteiger partial charge in [-0.15, -0.1) is 0 Å². The molecule has 0 radical (unpaired) electrons. The second-order valence-electron chi connectivity index (χ2n) is 2.77. The molecule has 0 saturated heterocycles. The number of nitrogens with one attached hydrogen (secondary N) is 1. The van der Waals surface area contributed by atoms with Crippen molar-refractivity contribution < 1.29 is 9.53 Å². The van der Waals surface area contributed by atoms with Crippen LogP contribution in [0.25, 0.3) is 0 Å². The number of carbonyl (C=O) groups excluding carboxylic acids is 1. The number of hydrogen-bond donors (Lipinski definition) is 1. The highest BCUT2D eigenvalue weighted by Gasteiger charge is 2.02. The van der Waals surface area contributed by atoms with Crippen molar-refractivity contribution in [2.24, 2.45) is 0 Å². The topological polar surface area (TPSA) is 51.2 Å². The number of amides is 1. The first-order chi connectivity index (χ1) is 6.13. The molecule has 0 atom stereocenters. The maximum atomic E-state index is 10.8. The summed E-state index contributed by atoms with van der Waals surface area (Å²) >= 11 is 0. The van der Waals surface area contributed by atoms with Crippen LogP contribution < -0.4 is 5.32 Å². The third-order valence-corrected chi connectivity index (χ3v) is 1.79. The fourth-order valence-electron chi connectivity index (χ4n) is 0.848. The van der Waals surface area contributed by atoms with Gasteiger partial charge >= 0.3 is 6.09 Å². The molecule has 0 bridgehead atoms. The highest BCUT2D eigenvalue weighted by Crippen LogP contribution is 2.10. The van der Waals surface area contributed by atoms with Gasteiger partial charge in [0.05, 0.1) is 7.11 Å². The number of rotatable bonds is 1. The fraction of sp³-hybridized carbons (Fsp3) is 0.333. The van der Waals surface area contributed by atoms with E-state index >= 15 is 0 Å². The summed E-state index contributed by atoms with van der Waals surface area (Å²) < 4.78 is 4.43. The SMILES string of the molecule is COC(=O)Nc1cc(C)c(C)cn1. The lowest BCUT2D eigenvalue weighted by atomic mass is 10.2. The van der Waals surface area contributed by atoms with Gasteiger partial charge in [0.2, 0.25) is 0 Å². The number of aryl methyl sites for hydroxylation is 2. The predicted octanol–water partition coefficient (Wildman–Crippen LogP) is 1.88. The zero-order valence-corrected chi connectivity index (χ0v) is 7.92. The molecule has 4 heteroatoms. The van der Waals surface area contributed by atoms with Crippen molar-refractivity contribution in [3.8, 4) is 0 Å². The Balaban J connectivity index is 2.79. The minimum Gasteiger partial charge on any atom is -0.453 e. The number of carbonyl (C=O) groups is 1. The Morgan fingerprint density at radius 3 is 2.69 bits per heavy atom. The maximum absolute atomic E-state index is 10.8. The Morgan fingerprint density at radius 2 is 2.15 bits per heavy atom. The van der Waals surface area contributed by atoms with E-state index < -0.39 is 6.09 Å². The Hall–Kier alpha value is -1.58. The average molecular weight is 180 g/mol. The van der Waals surface area contributed by atoms with E-state index in [0.717, 1.165) is 11.1 Å². The van der Waals surface area contributed by atoms with Crippen molar-refractivity contribution >= 4 is 11.9 Å².